The van der Waals surface area contributed by atoms with Crippen LogP contribution in [0.3, 0.4) is 0 Å². The van der Waals surface area contributed by atoms with Gasteiger partial charge in [-0.2, -0.15) is 8.42 Å². The lowest BCUT2D eigenvalue weighted by Crippen LogP contribution is -2.04. The first-order chi connectivity index (χ1) is 9.59. The summed E-state index contributed by atoms with van der Waals surface area (Å²) in [4.78, 5) is 0. The largest absolute Gasteiger partial charge is 0.379 e. The molecule has 0 unspecified atom stereocenters. The van der Waals surface area contributed by atoms with Crippen LogP contribution in [0.4, 0.5) is 0 Å². The van der Waals surface area contributed by atoms with Gasteiger partial charge in [0.05, 0.1) is 5.41 Å². The summed E-state index contributed by atoms with van der Waals surface area (Å²) in [5, 5.41) is 4.63. The standard InChI is InChI=1S/C16H12O3S/c1-2-20(17,18)19-16-9-5-8-14-10-12-6-3-4-7-13(12)11-15(14)16/h2-11H,1H2. The van der Waals surface area contributed by atoms with Crippen LogP contribution in [0.2, 0.25) is 0 Å². The quantitative estimate of drug-likeness (QED) is 0.542. The average Bonchev–Trinajstić information content (AvgIpc) is 2.45. The maximum absolute atomic E-state index is 11.5. The fourth-order valence-corrected chi connectivity index (χ4v) is 2.63. The highest BCUT2D eigenvalue weighted by atomic mass is 32.2. The molecule has 0 saturated heterocycles. The molecule has 0 atom stereocenters. The van der Waals surface area contributed by atoms with E-state index in [1.807, 2.05) is 42.5 Å². The Labute approximate surface area is 117 Å². The van der Waals surface area contributed by atoms with Crippen molar-refractivity contribution in [3.05, 3.63) is 66.6 Å². The van der Waals surface area contributed by atoms with Gasteiger partial charge in [-0.3, -0.25) is 0 Å². The normalized spacial score (nSPS) is 11.6. The van der Waals surface area contributed by atoms with Crippen molar-refractivity contribution in [3.8, 4) is 5.75 Å². The van der Waals surface area contributed by atoms with Gasteiger partial charge in [-0.25, -0.2) is 0 Å². The first-order valence-corrected chi connectivity index (χ1v) is 7.55. The average molecular weight is 284 g/mol. The maximum Gasteiger partial charge on any atom is 0.331 e. The zero-order valence-electron chi connectivity index (χ0n) is 10.6. The first-order valence-electron chi connectivity index (χ1n) is 6.07. The summed E-state index contributed by atoms with van der Waals surface area (Å²) in [6, 6.07) is 17.2. The summed E-state index contributed by atoms with van der Waals surface area (Å²) in [6.07, 6.45) is 0. The minimum atomic E-state index is -3.75. The van der Waals surface area contributed by atoms with Crippen molar-refractivity contribution >= 4 is 31.7 Å². The molecule has 0 aliphatic rings. The lowest BCUT2D eigenvalue weighted by molar-refractivity contribution is 0.499. The Balaban J connectivity index is 2.28. The summed E-state index contributed by atoms with van der Waals surface area (Å²) in [6.45, 7) is 3.25. The molecule has 0 aliphatic heterocycles. The van der Waals surface area contributed by atoms with E-state index >= 15 is 0 Å². The molecule has 0 aromatic heterocycles. The molecule has 0 fully saturated rings. The number of benzene rings is 3. The van der Waals surface area contributed by atoms with Gasteiger partial charge >= 0.3 is 10.1 Å². The van der Waals surface area contributed by atoms with E-state index in [0.29, 0.717) is 5.75 Å². The fraction of sp³-hybridized carbons (Fsp3) is 0. The van der Waals surface area contributed by atoms with Gasteiger partial charge in [0.25, 0.3) is 0 Å². The highest BCUT2D eigenvalue weighted by Crippen LogP contribution is 2.30. The molecule has 0 heterocycles. The molecule has 0 spiro atoms. The Kier molecular flexibility index (Phi) is 2.95. The fourth-order valence-electron chi connectivity index (χ4n) is 2.17. The molecule has 0 aliphatic carbocycles. The SMILES string of the molecule is C=CS(=O)(=O)Oc1cccc2cc3ccccc3cc12. The van der Waals surface area contributed by atoms with Crippen LogP contribution in [0.5, 0.6) is 5.75 Å². The second kappa shape index (κ2) is 4.65. The molecule has 4 heteroatoms. The van der Waals surface area contributed by atoms with Gasteiger partial charge in [-0.15, -0.1) is 0 Å². The highest BCUT2D eigenvalue weighted by Gasteiger charge is 2.10. The third kappa shape index (κ3) is 2.26. The van der Waals surface area contributed by atoms with Gasteiger partial charge in [-0.1, -0.05) is 43.0 Å². The number of hydrogen-bond acceptors (Lipinski definition) is 3. The number of fused-ring (bicyclic) bond motifs is 2. The summed E-state index contributed by atoms with van der Waals surface area (Å²) < 4.78 is 28.1. The molecular weight excluding hydrogens is 272 g/mol. The first kappa shape index (κ1) is 12.7. The number of rotatable bonds is 3. The van der Waals surface area contributed by atoms with Crippen molar-refractivity contribution in [3.63, 3.8) is 0 Å². The van der Waals surface area contributed by atoms with Crippen LogP contribution in [0, 0.1) is 0 Å². The number of hydrogen-bond donors (Lipinski definition) is 0. The molecule has 3 aromatic carbocycles. The Bertz CT molecular complexity index is 911. The molecule has 0 bridgehead atoms. The third-order valence-corrected chi connectivity index (χ3v) is 3.94. The third-order valence-electron chi connectivity index (χ3n) is 3.12. The van der Waals surface area contributed by atoms with Crippen molar-refractivity contribution in [2.45, 2.75) is 0 Å². The van der Waals surface area contributed by atoms with Crippen LogP contribution in [-0.2, 0) is 10.1 Å². The van der Waals surface area contributed by atoms with Gasteiger partial charge in [0.15, 0.2) is 5.75 Å². The minimum Gasteiger partial charge on any atom is -0.379 e. The van der Waals surface area contributed by atoms with E-state index in [0.717, 1.165) is 27.0 Å². The Hall–Kier alpha value is -2.33. The maximum atomic E-state index is 11.5. The van der Waals surface area contributed by atoms with Crippen LogP contribution in [0.1, 0.15) is 0 Å². The van der Waals surface area contributed by atoms with Crippen molar-refractivity contribution in [1.29, 1.82) is 0 Å². The van der Waals surface area contributed by atoms with Gasteiger partial charge in [0, 0.05) is 5.39 Å². The molecule has 3 nitrogen and oxygen atoms in total. The molecule has 0 saturated carbocycles. The van der Waals surface area contributed by atoms with Crippen molar-refractivity contribution < 1.29 is 12.6 Å². The molecule has 0 radical (unpaired) electrons. The summed E-state index contributed by atoms with van der Waals surface area (Å²) in [5.74, 6) is 0.313. The van der Waals surface area contributed by atoms with Crippen LogP contribution in [-0.4, -0.2) is 8.42 Å². The second-order valence-electron chi connectivity index (χ2n) is 4.42. The molecule has 100 valence electrons. The van der Waals surface area contributed by atoms with E-state index in [2.05, 4.69) is 6.58 Å². The highest BCUT2D eigenvalue weighted by molar-refractivity contribution is 7.90. The predicted molar refractivity (Wildman–Crippen MR) is 81.2 cm³/mol. The van der Waals surface area contributed by atoms with Crippen LogP contribution in [0.15, 0.2) is 66.6 Å². The van der Waals surface area contributed by atoms with Crippen LogP contribution < -0.4 is 4.18 Å². The zero-order valence-corrected chi connectivity index (χ0v) is 11.4. The van der Waals surface area contributed by atoms with Gasteiger partial charge in [-0.05, 0) is 34.4 Å². The molecule has 3 aromatic rings. The Morgan fingerprint density at radius 1 is 0.900 bits per heavy atom. The lowest BCUT2D eigenvalue weighted by atomic mass is 10.0. The Morgan fingerprint density at radius 3 is 2.25 bits per heavy atom. The second-order valence-corrected chi connectivity index (χ2v) is 5.91. The topological polar surface area (TPSA) is 43.4 Å². The van der Waals surface area contributed by atoms with E-state index < -0.39 is 10.1 Å². The lowest BCUT2D eigenvalue weighted by Gasteiger charge is -2.08. The summed E-state index contributed by atoms with van der Waals surface area (Å²) in [5.41, 5.74) is 0. The van der Waals surface area contributed by atoms with Gasteiger partial charge < -0.3 is 4.18 Å². The van der Waals surface area contributed by atoms with E-state index in [9.17, 15) is 8.42 Å². The van der Waals surface area contributed by atoms with E-state index in [4.69, 9.17) is 4.18 Å². The zero-order chi connectivity index (χ0) is 14.2. The van der Waals surface area contributed by atoms with Gasteiger partial charge in [0.2, 0.25) is 0 Å². The monoisotopic (exact) mass is 284 g/mol. The summed E-state index contributed by atoms with van der Waals surface area (Å²) >= 11 is 0. The van der Waals surface area contributed by atoms with Crippen molar-refractivity contribution in [2.24, 2.45) is 0 Å². The Morgan fingerprint density at radius 2 is 1.55 bits per heavy atom. The van der Waals surface area contributed by atoms with Gasteiger partial charge in [0.1, 0.15) is 0 Å². The minimum absolute atomic E-state index is 0.313. The van der Waals surface area contributed by atoms with Crippen molar-refractivity contribution in [1.82, 2.24) is 0 Å². The molecule has 3 rings (SSSR count). The molecule has 0 amide bonds. The molecule has 20 heavy (non-hydrogen) atoms. The summed E-state index contributed by atoms with van der Waals surface area (Å²) in [7, 11) is -3.75. The van der Waals surface area contributed by atoms with Crippen molar-refractivity contribution in [2.75, 3.05) is 0 Å². The predicted octanol–water partition coefficient (Wildman–Crippen LogP) is 3.85. The van der Waals surface area contributed by atoms with E-state index in [1.165, 1.54) is 0 Å². The van der Waals surface area contributed by atoms with Crippen LogP contribution >= 0.6 is 0 Å². The molecule has 0 N–H and O–H groups in total. The van der Waals surface area contributed by atoms with E-state index in [-0.39, 0.29) is 0 Å². The molecular formula is C16H12O3S. The smallest absolute Gasteiger partial charge is 0.331 e. The van der Waals surface area contributed by atoms with E-state index in [1.54, 1.807) is 12.1 Å². The van der Waals surface area contributed by atoms with Crippen LogP contribution in [0.25, 0.3) is 21.5 Å².